The van der Waals surface area contributed by atoms with Crippen LogP contribution in [0.25, 0.3) is 0 Å². The van der Waals surface area contributed by atoms with E-state index in [1.165, 1.54) is 24.8 Å². The number of carbonyl (C=O) groups is 2. The maximum absolute atomic E-state index is 13.9. The van der Waals surface area contributed by atoms with Crippen LogP contribution >= 0.6 is 0 Å². The summed E-state index contributed by atoms with van der Waals surface area (Å²) in [5.74, 6) is -1.25. The van der Waals surface area contributed by atoms with Gasteiger partial charge in [-0.15, -0.1) is 0 Å². The Morgan fingerprint density at radius 1 is 1.07 bits per heavy atom. The van der Waals surface area contributed by atoms with E-state index in [2.05, 4.69) is 19.2 Å². The van der Waals surface area contributed by atoms with Crippen molar-refractivity contribution in [3.63, 3.8) is 0 Å². The van der Waals surface area contributed by atoms with Crippen LogP contribution in [-0.4, -0.2) is 25.6 Å². The van der Waals surface area contributed by atoms with Gasteiger partial charge in [0.15, 0.2) is 6.61 Å². The van der Waals surface area contributed by atoms with E-state index in [0.717, 1.165) is 18.1 Å². The van der Waals surface area contributed by atoms with E-state index in [4.69, 9.17) is 9.47 Å². The number of ether oxygens (including phenoxy) is 2. The average molecular weight is 387 g/mol. The smallest absolute Gasteiger partial charge is 0.341 e. The SMILES string of the molecule is COc1ccc(C(=O)OCC(=O)N[C@@H](C)c2ccc(CC(C)C)cc2)c(F)c1. The number of benzene rings is 2. The van der Waals surface area contributed by atoms with E-state index in [1.807, 2.05) is 31.2 Å². The summed E-state index contributed by atoms with van der Waals surface area (Å²) in [5, 5.41) is 2.77. The molecule has 0 unspecified atom stereocenters. The Balaban J connectivity index is 1.87. The van der Waals surface area contributed by atoms with Crippen molar-refractivity contribution in [2.75, 3.05) is 13.7 Å². The number of amides is 1. The molecular formula is C22H26FNO4. The van der Waals surface area contributed by atoms with Crippen molar-refractivity contribution in [3.8, 4) is 5.75 Å². The summed E-state index contributed by atoms with van der Waals surface area (Å²) in [5.41, 5.74) is 1.95. The second-order valence-electron chi connectivity index (χ2n) is 7.05. The van der Waals surface area contributed by atoms with Crippen LogP contribution in [0.15, 0.2) is 42.5 Å². The third kappa shape index (κ3) is 6.08. The fourth-order valence-electron chi connectivity index (χ4n) is 2.78. The largest absolute Gasteiger partial charge is 0.497 e. The quantitative estimate of drug-likeness (QED) is 0.694. The van der Waals surface area contributed by atoms with Gasteiger partial charge in [-0.2, -0.15) is 0 Å². The molecule has 2 aromatic carbocycles. The molecule has 0 radical (unpaired) electrons. The highest BCUT2D eigenvalue weighted by molar-refractivity contribution is 5.91. The van der Waals surface area contributed by atoms with Gasteiger partial charge in [0, 0.05) is 6.07 Å². The molecule has 1 atom stereocenters. The summed E-state index contributed by atoms with van der Waals surface area (Å²) < 4.78 is 23.7. The highest BCUT2D eigenvalue weighted by atomic mass is 19.1. The molecule has 2 rings (SSSR count). The summed E-state index contributed by atoms with van der Waals surface area (Å²) in [7, 11) is 1.40. The van der Waals surface area contributed by atoms with Gasteiger partial charge >= 0.3 is 5.97 Å². The van der Waals surface area contributed by atoms with E-state index >= 15 is 0 Å². The molecule has 0 saturated carbocycles. The van der Waals surface area contributed by atoms with Crippen LogP contribution in [0.2, 0.25) is 0 Å². The molecule has 0 aliphatic rings. The lowest BCUT2D eigenvalue weighted by Crippen LogP contribution is -2.31. The van der Waals surface area contributed by atoms with Gasteiger partial charge in [-0.1, -0.05) is 38.1 Å². The molecule has 0 fully saturated rings. The number of halogens is 1. The Morgan fingerprint density at radius 3 is 2.32 bits per heavy atom. The molecule has 1 N–H and O–H groups in total. The van der Waals surface area contributed by atoms with Gasteiger partial charge in [0.2, 0.25) is 0 Å². The maximum atomic E-state index is 13.9. The first kappa shape index (κ1) is 21.4. The fourth-order valence-corrected chi connectivity index (χ4v) is 2.78. The molecule has 1 amide bonds. The molecular weight excluding hydrogens is 361 g/mol. The summed E-state index contributed by atoms with van der Waals surface area (Å²) in [6, 6.07) is 11.6. The zero-order chi connectivity index (χ0) is 20.7. The Morgan fingerprint density at radius 2 is 1.75 bits per heavy atom. The van der Waals surface area contributed by atoms with Crippen molar-refractivity contribution in [2.24, 2.45) is 5.92 Å². The van der Waals surface area contributed by atoms with E-state index in [1.54, 1.807) is 0 Å². The summed E-state index contributed by atoms with van der Waals surface area (Å²) in [6.45, 7) is 5.69. The summed E-state index contributed by atoms with van der Waals surface area (Å²) in [6.07, 6.45) is 0.999. The van der Waals surface area contributed by atoms with Crippen molar-refractivity contribution in [1.82, 2.24) is 5.32 Å². The van der Waals surface area contributed by atoms with Crippen molar-refractivity contribution in [3.05, 3.63) is 65.0 Å². The number of hydrogen-bond acceptors (Lipinski definition) is 4. The fraction of sp³-hybridized carbons (Fsp3) is 0.364. The normalized spacial score (nSPS) is 11.8. The molecule has 0 heterocycles. The third-order valence-corrected chi connectivity index (χ3v) is 4.23. The van der Waals surface area contributed by atoms with Crippen LogP contribution in [0, 0.1) is 11.7 Å². The van der Waals surface area contributed by atoms with Crippen molar-refractivity contribution in [1.29, 1.82) is 0 Å². The topological polar surface area (TPSA) is 64.6 Å². The van der Waals surface area contributed by atoms with Gasteiger partial charge in [-0.05, 0) is 42.5 Å². The minimum atomic E-state index is -0.902. The summed E-state index contributed by atoms with van der Waals surface area (Å²) in [4.78, 5) is 24.0. The minimum absolute atomic E-state index is 0.239. The Labute approximate surface area is 164 Å². The van der Waals surface area contributed by atoms with Crippen LogP contribution in [0.1, 0.15) is 48.3 Å². The lowest BCUT2D eigenvalue weighted by molar-refractivity contribution is -0.124. The molecule has 5 nitrogen and oxygen atoms in total. The molecule has 6 heteroatoms. The highest BCUT2D eigenvalue weighted by Gasteiger charge is 2.17. The summed E-state index contributed by atoms with van der Waals surface area (Å²) >= 11 is 0. The second-order valence-corrected chi connectivity index (χ2v) is 7.05. The second kappa shape index (κ2) is 9.88. The molecule has 2 aromatic rings. The number of methoxy groups -OCH3 is 1. The van der Waals surface area contributed by atoms with Gasteiger partial charge in [0.25, 0.3) is 5.91 Å². The predicted molar refractivity (Wildman–Crippen MR) is 105 cm³/mol. The van der Waals surface area contributed by atoms with Gasteiger partial charge < -0.3 is 14.8 Å². The predicted octanol–water partition coefficient (Wildman–Crippen LogP) is 4.07. The number of nitrogens with one attached hydrogen (secondary N) is 1. The van der Waals surface area contributed by atoms with Gasteiger partial charge in [-0.3, -0.25) is 4.79 Å². The Kier molecular flexibility index (Phi) is 7.55. The third-order valence-electron chi connectivity index (χ3n) is 4.23. The molecule has 0 bridgehead atoms. The number of hydrogen-bond donors (Lipinski definition) is 1. The Bertz CT molecular complexity index is 818. The van der Waals surface area contributed by atoms with Crippen LogP contribution in [-0.2, 0) is 16.0 Å². The first-order valence-electron chi connectivity index (χ1n) is 9.19. The maximum Gasteiger partial charge on any atom is 0.341 e. The standard InChI is InChI=1S/C22H26FNO4/c1-14(2)11-16-5-7-17(8-6-16)15(3)24-21(25)13-28-22(26)19-10-9-18(27-4)12-20(19)23/h5-10,12,14-15H,11,13H2,1-4H3,(H,24,25)/t15-/m0/s1. The lowest BCUT2D eigenvalue weighted by Gasteiger charge is -2.15. The number of carbonyl (C=O) groups excluding carboxylic acids is 2. The van der Waals surface area contributed by atoms with Gasteiger partial charge in [0.05, 0.1) is 18.7 Å². The van der Waals surface area contributed by atoms with Gasteiger partial charge in [-0.25, -0.2) is 9.18 Å². The van der Waals surface area contributed by atoms with Crippen LogP contribution in [0.4, 0.5) is 4.39 Å². The van der Waals surface area contributed by atoms with Crippen LogP contribution in [0.5, 0.6) is 5.75 Å². The molecule has 0 saturated heterocycles. The lowest BCUT2D eigenvalue weighted by atomic mass is 10.00. The van der Waals surface area contributed by atoms with E-state index < -0.39 is 24.3 Å². The van der Waals surface area contributed by atoms with E-state index in [0.29, 0.717) is 11.7 Å². The zero-order valence-electron chi connectivity index (χ0n) is 16.6. The molecule has 0 aliphatic heterocycles. The molecule has 0 aromatic heterocycles. The highest BCUT2D eigenvalue weighted by Crippen LogP contribution is 2.18. The minimum Gasteiger partial charge on any atom is -0.497 e. The van der Waals surface area contributed by atoms with E-state index in [9.17, 15) is 14.0 Å². The number of rotatable bonds is 8. The zero-order valence-corrected chi connectivity index (χ0v) is 16.6. The molecule has 0 aliphatic carbocycles. The van der Waals surface area contributed by atoms with E-state index in [-0.39, 0.29) is 11.6 Å². The van der Waals surface area contributed by atoms with Crippen LogP contribution in [0.3, 0.4) is 0 Å². The van der Waals surface area contributed by atoms with Crippen molar-refractivity contribution < 1.29 is 23.5 Å². The van der Waals surface area contributed by atoms with Gasteiger partial charge in [0.1, 0.15) is 11.6 Å². The average Bonchev–Trinajstić information content (AvgIpc) is 2.66. The molecule has 0 spiro atoms. The molecule has 150 valence electrons. The first-order valence-corrected chi connectivity index (χ1v) is 9.19. The monoisotopic (exact) mass is 387 g/mol. The Hall–Kier alpha value is -2.89. The van der Waals surface area contributed by atoms with Crippen molar-refractivity contribution in [2.45, 2.75) is 33.2 Å². The number of esters is 1. The molecule has 28 heavy (non-hydrogen) atoms. The first-order chi connectivity index (χ1) is 13.3. The van der Waals surface area contributed by atoms with Crippen molar-refractivity contribution >= 4 is 11.9 Å². The van der Waals surface area contributed by atoms with Crippen LogP contribution < -0.4 is 10.1 Å².